The largest absolute Gasteiger partial charge is 0.371 e. The number of aromatic nitrogens is 2. The lowest BCUT2D eigenvalue weighted by Crippen LogP contribution is -2.50. The lowest BCUT2D eigenvalue weighted by atomic mass is 9.84. The Morgan fingerprint density at radius 1 is 1.16 bits per heavy atom. The summed E-state index contributed by atoms with van der Waals surface area (Å²) in [4.78, 5) is 39.9. The lowest BCUT2D eigenvalue weighted by Gasteiger charge is -2.37. The predicted octanol–water partition coefficient (Wildman–Crippen LogP) is 3.17. The Morgan fingerprint density at radius 2 is 1.87 bits per heavy atom. The monoisotopic (exact) mass is 522 g/mol. The van der Waals surface area contributed by atoms with Gasteiger partial charge in [-0.2, -0.15) is 5.10 Å². The van der Waals surface area contributed by atoms with Gasteiger partial charge in [0.15, 0.2) is 0 Å². The molecule has 3 N–H and O–H groups in total. The van der Waals surface area contributed by atoms with E-state index in [-0.39, 0.29) is 41.6 Å². The number of carbonyl (C=O) groups excluding carboxylic acids is 3. The second-order valence-electron chi connectivity index (χ2n) is 11.3. The van der Waals surface area contributed by atoms with Crippen molar-refractivity contribution in [3.63, 3.8) is 0 Å². The Labute approximate surface area is 225 Å². The number of hydrogen-bond donors (Lipinski definition) is 3. The SMILES string of the molecule is CC(=O)NC1CCC(N(C)c2cc(-c3cnn(C)c3)cc(C(=O)NCC3C(=O)NC(C)CC3C)c2C)CC1. The molecule has 9 heteroatoms. The molecule has 2 aromatic rings. The first-order chi connectivity index (χ1) is 18.0. The third-order valence-electron chi connectivity index (χ3n) is 8.32. The first-order valence-corrected chi connectivity index (χ1v) is 13.8. The number of benzene rings is 1. The number of aryl methyl sites for hydroxylation is 1. The Hall–Kier alpha value is -3.36. The van der Waals surface area contributed by atoms with Crippen molar-refractivity contribution in [2.24, 2.45) is 18.9 Å². The summed E-state index contributed by atoms with van der Waals surface area (Å²) in [5.74, 6) is -0.176. The summed E-state index contributed by atoms with van der Waals surface area (Å²) >= 11 is 0. The molecule has 0 radical (unpaired) electrons. The molecule has 2 heterocycles. The zero-order valence-corrected chi connectivity index (χ0v) is 23.5. The van der Waals surface area contributed by atoms with E-state index in [2.05, 4.69) is 46.0 Å². The van der Waals surface area contributed by atoms with Gasteiger partial charge in [0.05, 0.1) is 12.1 Å². The molecular weight excluding hydrogens is 480 g/mol. The molecule has 0 bridgehead atoms. The third kappa shape index (κ3) is 6.19. The molecule has 9 nitrogen and oxygen atoms in total. The standard InChI is InChI=1S/C29H42N6O3/c1-17-11-18(2)32-29(38)26(17)15-30-28(37)25-12-21(22-14-31-34(5)16-22)13-27(19(25)3)35(6)24-9-7-23(8-10-24)33-20(4)36/h12-14,16-18,23-24,26H,7-11,15H2,1-6H3,(H,30,37)(H,32,38)(H,33,36). The summed E-state index contributed by atoms with van der Waals surface area (Å²) in [7, 11) is 3.97. The minimum Gasteiger partial charge on any atom is -0.371 e. The number of nitrogens with one attached hydrogen (secondary N) is 3. The number of nitrogens with zero attached hydrogens (tertiary/aromatic N) is 3. The van der Waals surface area contributed by atoms with Crippen LogP contribution >= 0.6 is 0 Å². The lowest BCUT2D eigenvalue weighted by molar-refractivity contribution is -0.129. The molecule has 3 atom stereocenters. The van der Waals surface area contributed by atoms with Crippen LogP contribution in [-0.4, -0.2) is 59.2 Å². The number of anilines is 1. The van der Waals surface area contributed by atoms with Crippen LogP contribution < -0.4 is 20.9 Å². The van der Waals surface area contributed by atoms with Crippen LogP contribution in [0.1, 0.15) is 68.8 Å². The van der Waals surface area contributed by atoms with Crippen molar-refractivity contribution >= 4 is 23.4 Å². The van der Waals surface area contributed by atoms with Crippen LogP contribution in [0.5, 0.6) is 0 Å². The zero-order valence-electron chi connectivity index (χ0n) is 23.5. The molecule has 2 fully saturated rings. The van der Waals surface area contributed by atoms with Gasteiger partial charge in [0, 0.05) is 68.7 Å². The highest BCUT2D eigenvalue weighted by Crippen LogP contribution is 2.34. The summed E-state index contributed by atoms with van der Waals surface area (Å²) in [6.07, 6.45) is 8.46. The molecule has 1 saturated carbocycles. The molecular formula is C29H42N6O3. The Balaban J connectivity index is 1.58. The highest BCUT2D eigenvalue weighted by atomic mass is 16.2. The van der Waals surface area contributed by atoms with Gasteiger partial charge < -0.3 is 20.9 Å². The van der Waals surface area contributed by atoms with Gasteiger partial charge in [-0.15, -0.1) is 0 Å². The van der Waals surface area contributed by atoms with Crippen molar-refractivity contribution in [1.82, 2.24) is 25.7 Å². The van der Waals surface area contributed by atoms with Gasteiger partial charge in [0.25, 0.3) is 5.91 Å². The molecule has 0 spiro atoms. The van der Waals surface area contributed by atoms with Gasteiger partial charge in [0.2, 0.25) is 11.8 Å². The summed E-state index contributed by atoms with van der Waals surface area (Å²) in [5, 5.41) is 13.5. The fraction of sp³-hybridized carbons (Fsp3) is 0.586. The molecule has 206 valence electrons. The summed E-state index contributed by atoms with van der Waals surface area (Å²) < 4.78 is 1.76. The number of rotatable bonds is 7. The second-order valence-corrected chi connectivity index (χ2v) is 11.3. The van der Waals surface area contributed by atoms with E-state index in [1.165, 1.54) is 0 Å². The van der Waals surface area contributed by atoms with Crippen LogP contribution in [0.4, 0.5) is 5.69 Å². The highest BCUT2D eigenvalue weighted by Gasteiger charge is 2.33. The molecule has 1 aliphatic carbocycles. The van der Waals surface area contributed by atoms with Crippen LogP contribution in [0.2, 0.25) is 0 Å². The maximum absolute atomic E-state index is 13.5. The normalized spacial score (nSPS) is 25.4. The van der Waals surface area contributed by atoms with E-state index in [0.29, 0.717) is 18.2 Å². The van der Waals surface area contributed by atoms with E-state index in [1.54, 1.807) is 11.6 Å². The zero-order chi connectivity index (χ0) is 27.6. The van der Waals surface area contributed by atoms with E-state index in [1.807, 2.05) is 39.4 Å². The van der Waals surface area contributed by atoms with Gasteiger partial charge in [0.1, 0.15) is 0 Å². The van der Waals surface area contributed by atoms with E-state index in [4.69, 9.17) is 0 Å². The van der Waals surface area contributed by atoms with Crippen LogP contribution in [0, 0.1) is 18.8 Å². The molecule has 1 aliphatic heterocycles. The van der Waals surface area contributed by atoms with Crippen molar-refractivity contribution in [2.75, 3.05) is 18.5 Å². The maximum Gasteiger partial charge on any atom is 0.251 e. The van der Waals surface area contributed by atoms with Crippen LogP contribution in [0.3, 0.4) is 0 Å². The summed E-state index contributed by atoms with van der Waals surface area (Å²) in [6, 6.07) is 4.77. The van der Waals surface area contributed by atoms with Gasteiger partial charge in [-0.3, -0.25) is 19.1 Å². The van der Waals surface area contributed by atoms with Crippen LogP contribution in [-0.2, 0) is 16.6 Å². The Bertz CT molecular complexity index is 1180. The van der Waals surface area contributed by atoms with Crippen LogP contribution in [0.15, 0.2) is 24.5 Å². The fourth-order valence-electron chi connectivity index (χ4n) is 6.11. The van der Waals surface area contributed by atoms with E-state index >= 15 is 0 Å². The minimum atomic E-state index is -0.238. The molecule has 1 aromatic heterocycles. The molecule has 4 rings (SSSR count). The maximum atomic E-state index is 13.5. The minimum absolute atomic E-state index is 0.00710. The number of hydrogen-bond acceptors (Lipinski definition) is 5. The van der Waals surface area contributed by atoms with Gasteiger partial charge in [-0.05, 0) is 75.1 Å². The number of piperidine rings is 1. The average molecular weight is 523 g/mol. The highest BCUT2D eigenvalue weighted by molar-refractivity contribution is 5.99. The number of amides is 3. The molecule has 3 amide bonds. The van der Waals surface area contributed by atoms with E-state index in [0.717, 1.165) is 54.5 Å². The van der Waals surface area contributed by atoms with Gasteiger partial charge in [-0.25, -0.2) is 0 Å². The fourth-order valence-corrected chi connectivity index (χ4v) is 6.11. The van der Waals surface area contributed by atoms with Gasteiger partial charge >= 0.3 is 0 Å². The van der Waals surface area contributed by atoms with Crippen molar-refractivity contribution in [3.05, 3.63) is 35.7 Å². The molecule has 1 saturated heterocycles. The molecule has 1 aromatic carbocycles. The number of carbonyl (C=O) groups is 3. The second kappa shape index (κ2) is 11.6. The van der Waals surface area contributed by atoms with Crippen molar-refractivity contribution in [3.8, 4) is 11.1 Å². The smallest absolute Gasteiger partial charge is 0.251 e. The first-order valence-electron chi connectivity index (χ1n) is 13.8. The van der Waals surface area contributed by atoms with Gasteiger partial charge in [-0.1, -0.05) is 6.92 Å². The topological polar surface area (TPSA) is 108 Å². The third-order valence-corrected chi connectivity index (χ3v) is 8.32. The Kier molecular flexibility index (Phi) is 8.43. The summed E-state index contributed by atoms with van der Waals surface area (Å²) in [5.41, 5.74) is 4.41. The van der Waals surface area contributed by atoms with Crippen molar-refractivity contribution < 1.29 is 14.4 Å². The average Bonchev–Trinajstić information content (AvgIpc) is 3.29. The quantitative estimate of drug-likeness (QED) is 0.518. The van der Waals surface area contributed by atoms with Crippen molar-refractivity contribution in [1.29, 1.82) is 0 Å². The van der Waals surface area contributed by atoms with E-state index in [9.17, 15) is 14.4 Å². The molecule has 38 heavy (non-hydrogen) atoms. The predicted molar refractivity (Wildman–Crippen MR) is 149 cm³/mol. The van der Waals surface area contributed by atoms with Crippen molar-refractivity contribution in [2.45, 2.75) is 77.9 Å². The van der Waals surface area contributed by atoms with Crippen LogP contribution in [0.25, 0.3) is 11.1 Å². The Morgan fingerprint density at radius 3 is 2.47 bits per heavy atom. The summed E-state index contributed by atoms with van der Waals surface area (Å²) in [6.45, 7) is 7.97. The molecule has 3 unspecified atom stereocenters. The first kappa shape index (κ1) is 27.7. The molecule has 2 aliphatic rings. The van der Waals surface area contributed by atoms with E-state index < -0.39 is 0 Å².